The van der Waals surface area contributed by atoms with Gasteiger partial charge in [0.25, 0.3) is 0 Å². The van der Waals surface area contributed by atoms with Gasteiger partial charge in [-0.25, -0.2) is 9.97 Å². The minimum Gasteiger partial charge on any atom is -0.363 e. The molecular weight excluding hydrogens is 240 g/mol. The van der Waals surface area contributed by atoms with Gasteiger partial charge < -0.3 is 9.84 Å². The Kier molecular flexibility index (Phi) is 2.97. The maximum Gasteiger partial charge on any atom is 0.139 e. The molecule has 3 rings (SSSR count). The van der Waals surface area contributed by atoms with E-state index < -0.39 is 0 Å². The highest BCUT2D eigenvalue weighted by molar-refractivity contribution is 5.39. The predicted molar refractivity (Wildman–Crippen MR) is 72.0 cm³/mol. The van der Waals surface area contributed by atoms with Crippen molar-refractivity contribution in [2.24, 2.45) is 0 Å². The molecule has 5 nitrogen and oxygen atoms in total. The van der Waals surface area contributed by atoms with Crippen LogP contribution >= 0.6 is 0 Å². The Morgan fingerprint density at radius 2 is 2.16 bits per heavy atom. The highest BCUT2D eigenvalue weighted by atomic mass is 16.5. The van der Waals surface area contributed by atoms with Gasteiger partial charge in [-0.2, -0.15) is 0 Å². The average Bonchev–Trinajstić information content (AvgIpc) is 3.16. The molecule has 1 fully saturated rings. The summed E-state index contributed by atoms with van der Waals surface area (Å²) < 4.78 is 5.20. The second-order valence-corrected chi connectivity index (χ2v) is 5.18. The van der Waals surface area contributed by atoms with Crippen molar-refractivity contribution in [1.29, 1.82) is 0 Å². The number of aryl methyl sites for hydroxylation is 2. The molecule has 1 aliphatic carbocycles. The van der Waals surface area contributed by atoms with Crippen molar-refractivity contribution in [3.05, 3.63) is 35.1 Å². The summed E-state index contributed by atoms with van der Waals surface area (Å²) in [4.78, 5) is 8.90. The summed E-state index contributed by atoms with van der Waals surface area (Å²) in [5.41, 5.74) is 2.03. The molecule has 1 atom stereocenters. The van der Waals surface area contributed by atoms with Crippen LogP contribution in [0.1, 0.15) is 54.6 Å². The van der Waals surface area contributed by atoms with E-state index in [-0.39, 0.29) is 6.04 Å². The van der Waals surface area contributed by atoms with Gasteiger partial charge in [0.1, 0.15) is 17.4 Å². The summed E-state index contributed by atoms with van der Waals surface area (Å²) in [6.07, 6.45) is 4.24. The molecule has 100 valence electrons. The van der Waals surface area contributed by atoms with Gasteiger partial charge in [-0.15, -0.1) is 0 Å². The van der Waals surface area contributed by atoms with E-state index in [1.165, 1.54) is 12.8 Å². The summed E-state index contributed by atoms with van der Waals surface area (Å²) in [7, 11) is 0. The monoisotopic (exact) mass is 258 g/mol. The Morgan fingerprint density at radius 3 is 2.79 bits per heavy atom. The summed E-state index contributed by atoms with van der Waals surface area (Å²) >= 11 is 0. The van der Waals surface area contributed by atoms with Crippen LogP contribution in [0.2, 0.25) is 0 Å². The molecule has 0 radical (unpaired) electrons. The van der Waals surface area contributed by atoms with Crippen molar-refractivity contribution in [2.75, 3.05) is 5.32 Å². The van der Waals surface area contributed by atoms with Crippen LogP contribution in [-0.2, 0) is 0 Å². The second-order valence-electron chi connectivity index (χ2n) is 5.18. The van der Waals surface area contributed by atoms with Crippen LogP contribution in [0.5, 0.6) is 0 Å². The fourth-order valence-electron chi connectivity index (χ4n) is 2.39. The maximum atomic E-state index is 5.20. The van der Waals surface area contributed by atoms with E-state index in [0.29, 0.717) is 5.92 Å². The van der Waals surface area contributed by atoms with Gasteiger partial charge in [-0.05, 0) is 39.7 Å². The number of anilines is 1. The van der Waals surface area contributed by atoms with E-state index in [9.17, 15) is 0 Å². The van der Waals surface area contributed by atoms with E-state index in [1.807, 2.05) is 26.1 Å². The number of aromatic nitrogens is 3. The lowest BCUT2D eigenvalue weighted by Crippen LogP contribution is -2.10. The molecule has 1 unspecified atom stereocenters. The predicted octanol–water partition coefficient (Wildman–Crippen LogP) is 3.13. The zero-order valence-electron chi connectivity index (χ0n) is 11.5. The molecule has 0 spiro atoms. The fraction of sp³-hybridized carbons (Fsp3) is 0.500. The molecule has 0 amide bonds. The van der Waals surface area contributed by atoms with Gasteiger partial charge in [0.05, 0.1) is 11.7 Å². The lowest BCUT2D eigenvalue weighted by Gasteiger charge is -2.14. The largest absolute Gasteiger partial charge is 0.363 e. The van der Waals surface area contributed by atoms with Gasteiger partial charge in [-0.3, -0.25) is 0 Å². The number of nitrogens with zero attached hydrogens (tertiary/aromatic N) is 3. The molecule has 0 bridgehead atoms. The van der Waals surface area contributed by atoms with Crippen LogP contribution in [-0.4, -0.2) is 15.1 Å². The minimum atomic E-state index is 0.119. The second kappa shape index (κ2) is 4.64. The van der Waals surface area contributed by atoms with Crippen molar-refractivity contribution in [3.8, 4) is 0 Å². The van der Waals surface area contributed by atoms with Crippen LogP contribution in [0.15, 0.2) is 16.8 Å². The summed E-state index contributed by atoms with van der Waals surface area (Å²) in [6, 6.07) is 2.02. The van der Waals surface area contributed by atoms with Crippen LogP contribution in [0, 0.1) is 13.8 Å². The molecule has 1 aliphatic rings. The molecule has 2 aromatic heterocycles. The van der Waals surface area contributed by atoms with Gasteiger partial charge >= 0.3 is 0 Å². The quantitative estimate of drug-likeness (QED) is 0.912. The van der Waals surface area contributed by atoms with Gasteiger partial charge in [0.2, 0.25) is 0 Å². The molecule has 19 heavy (non-hydrogen) atoms. The minimum absolute atomic E-state index is 0.119. The number of hydrogen-bond acceptors (Lipinski definition) is 5. The van der Waals surface area contributed by atoms with Crippen LogP contribution < -0.4 is 5.32 Å². The first-order chi connectivity index (χ1) is 9.15. The molecule has 2 aromatic rings. The Bertz CT molecular complexity index is 569. The topological polar surface area (TPSA) is 63.8 Å². The van der Waals surface area contributed by atoms with E-state index in [4.69, 9.17) is 4.52 Å². The standard InChI is InChI=1S/C14H18N4O/c1-8(13-9(2)18-19-10(13)3)16-12-6-7-15-14(17-12)11-4-5-11/h6-8,11H,4-5H2,1-3H3,(H,15,16,17). The summed E-state index contributed by atoms with van der Waals surface area (Å²) in [6.45, 7) is 5.98. The third-order valence-electron chi connectivity index (χ3n) is 3.50. The average molecular weight is 258 g/mol. The van der Waals surface area contributed by atoms with Crippen molar-refractivity contribution in [2.45, 2.75) is 45.6 Å². The van der Waals surface area contributed by atoms with Crippen LogP contribution in [0.3, 0.4) is 0 Å². The van der Waals surface area contributed by atoms with Crippen LogP contribution in [0.25, 0.3) is 0 Å². The zero-order chi connectivity index (χ0) is 13.4. The Labute approximate surface area is 112 Å². The Hall–Kier alpha value is -1.91. The van der Waals surface area contributed by atoms with Crippen molar-refractivity contribution >= 4 is 5.82 Å². The van der Waals surface area contributed by atoms with Gasteiger partial charge in [-0.1, -0.05) is 5.16 Å². The SMILES string of the molecule is Cc1noc(C)c1C(C)Nc1ccnc(C2CC2)n1. The molecule has 0 aromatic carbocycles. The summed E-state index contributed by atoms with van der Waals surface area (Å²) in [5, 5.41) is 7.38. The molecule has 1 N–H and O–H groups in total. The van der Waals surface area contributed by atoms with E-state index in [0.717, 1.165) is 28.7 Å². The lowest BCUT2D eigenvalue weighted by atomic mass is 10.1. The molecule has 0 saturated heterocycles. The van der Waals surface area contributed by atoms with E-state index in [2.05, 4.69) is 27.4 Å². The summed E-state index contributed by atoms with van der Waals surface area (Å²) in [5.74, 6) is 3.24. The smallest absolute Gasteiger partial charge is 0.139 e. The van der Waals surface area contributed by atoms with Gasteiger partial charge in [0.15, 0.2) is 0 Å². The van der Waals surface area contributed by atoms with Crippen molar-refractivity contribution in [3.63, 3.8) is 0 Å². The van der Waals surface area contributed by atoms with Crippen molar-refractivity contribution < 1.29 is 4.52 Å². The van der Waals surface area contributed by atoms with Crippen LogP contribution in [0.4, 0.5) is 5.82 Å². The number of nitrogens with one attached hydrogen (secondary N) is 1. The zero-order valence-corrected chi connectivity index (χ0v) is 11.5. The normalized spacial score (nSPS) is 16.4. The Morgan fingerprint density at radius 1 is 1.37 bits per heavy atom. The molecule has 0 aliphatic heterocycles. The third-order valence-corrected chi connectivity index (χ3v) is 3.50. The molecule has 1 saturated carbocycles. The molecular formula is C14H18N4O. The van der Waals surface area contributed by atoms with Crippen molar-refractivity contribution in [1.82, 2.24) is 15.1 Å². The highest BCUT2D eigenvalue weighted by Gasteiger charge is 2.26. The highest BCUT2D eigenvalue weighted by Crippen LogP contribution is 2.38. The Balaban J connectivity index is 1.79. The number of rotatable bonds is 4. The van der Waals surface area contributed by atoms with Gasteiger partial charge in [0, 0.05) is 17.7 Å². The first kappa shape index (κ1) is 12.1. The fourth-order valence-corrected chi connectivity index (χ4v) is 2.39. The van der Waals surface area contributed by atoms with E-state index >= 15 is 0 Å². The number of hydrogen-bond donors (Lipinski definition) is 1. The molecule has 5 heteroatoms. The first-order valence-electron chi connectivity index (χ1n) is 6.67. The molecule has 2 heterocycles. The lowest BCUT2D eigenvalue weighted by molar-refractivity contribution is 0.392. The van der Waals surface area contributed by atoms with E-state index in [1.54, 1.807) is 0 Å². The third kappa shape index (κ3) is 2.45. The maximum absolute atomic E-state index is 5.20. The first-order valence-corrected chi connectivity index (χ1v) is 6.67.